The lowest BCUT2D eigenvalue weighted by atomic mass is 10.1. The first kappa shape index (κ1) is 21.8. The molecular weight excluding hydrogens is 366 g/mol. The highest BCUT2D eigenvalue weighted by atomic mass is 32.2. The molecule has 0 bridgehead atoms. The van der Waals surface area contributed by atoms with E-state index < -0.39 is 0 Å². The fourth-order valence-corrected chi connectivity index (χ4v) is 3.71. The van der Waals surface area contributed by atoms with E-state index in [9.17, 15) is 0 Å². The molecule has 28 heavy (non-hydrogen) atoms. The first-order valence-corrected chi connectivity index (χ1v) is 10.1. The molecule has 0 atom stereocenters. The number of rotatable bonds is 7. The van der Waals surface area contributed by atoms with Crippen LogP contribution in [0.25, 0.3) is 11.8 Å². The van der Waals surface area contributed by atoms with Gasteiger partial charge in [-0.3, -0.25) is 0 Å². The predicted octanol–water partition coefficient (Wildman–Crippen LogP) is 6.90. The van der Waals surface area contributed by atoms with Gasteiger partial charge in [0.1, 0.15) is 11.6 Å². The molecular formula is C23H29N3OS. The van der Waals surface area contributed by atoms with Crippen LogP contribution in [0.4, 0.5) is 5.82 Å². The highest BCUT2D eigenvalue weighted by molar-refractivity contribution is 8.14. The Morgan fingerprint density at radius 3 is 2.61 bits per heavy atom. The van der Waals surface area contributed by atoms with Crippen molar-refractivity contribution in [2.45, 2.75) is 39.5 Å². The van der Waals surface area contributed by atoms with Crippen LogP contribution in [0.3, 0.4) is 0 Å². The maximum Gasteiger partial charge on any atom is 0.137 e. The molecule has 1 heterocycles. The molecule has 0 unspecified atom stereocenters. The number of aryl methyl sites for hydroxylation is 1. The number of H-pyrrole nitrogens is 1. The van der Waals surface area contributed by atoms with Crippen LogP contribution in [0.1, 0.15) is 44.4 Å². The maximum atomic E-state index is 5.39. The number of thioether (sulfide) groups is 1. The summed E-state index contributed by atoms with van der Waals surface area (Å²) in [5.74, 6) is 1.89. The van der Waals surface area contributed by atoms with E-state index in [4.69, 9.17) is 9.73 Å². The van der Waals surface area contributed by atoms with Gasteiger partial charge in [-0.15, -0.1) is 0 Å². The van der Waals surface area contributed by atoms with Crippen LogP contribution in [0, 0.1) is 12.8 Å². The maximum absolute atomic E-state index is 5.39. The van der Waals surface area contributed by atoms with E-state index in [0.29, 0.717) is 0 Å². The number of hydrogen-bond donors (Lipinski definition) is 1. The lowest BCUT2D eigenvalue weighted by Crippen LogP contribution is -2.04. The van der Waals surface area contributed by atoms with Gasteiger partial charge in [0.05, 0.1) is 17.9 Å². The molecule has 5 heteroatoms. The van der Waals surface area contributed by atoms with Crippen molar-refractivity contribution >= 4 is 41.1 Å². The van der Waals surface area contributed by atoms with Crippen molar-refractivity contribution in [3.8, 4) is 5.75 Å². The van der Waals surface area contributed by atoms with Gasteiger partial charge in [-0.05, 0) is 45.2 Å². The number of benzene rings is 1. The summed E-state index contributed by atoms with van der Waals surface area (Å²) in [4.78, 5) is 13.5. The molecule has 0 saturated carbocycles. The number of nitrogens with one attached hydrogen (secondary N) is 1. The molecule has 0 spiro atoms. The zero-order valence-electron chi connectivity index (χ0n) is 17.5. The van der Waals surface area contributed by atoms with Gasteiger partial charge in [-0.25, -0.2) is 9.98 Å². The van der Waals surface area contributed by atoms with Gasteiger partial charge >= 0.3 is 0 Å². The fourth-order valence-electron chi connectivity index (χ4n) is 2.70. The van der Waals surface area contributed by atoms with Gasteiger partial charge in [0.15, 0.2) is 0 Å². The number of aromatic nitrogens is 1. The molecule has 0 radical (unpaired) electrons. The van der Waals surface area contributed by atoms with Gasteiger partial charge in [0, 0.05) is 28.1 Å². The van der Waals surface area contributed by atoms with Crippen LogP contribution in [-0.4, -0.2) is 23.9 Å². The molecule has 0 aliphatic carbocycles. The summed E-state index contributed by atoms with van der Waals surface area (Å²) in [7, 11) is 1.69. The van der Waals surface area contributed by atoms with Crippen molar-refractivity contribution in [3.63, 3.8) is 0 Å². The van der Waals surface area contributed by atoms with E-state index in [2.05, 4.69) is 49.6 Å². The van der Waals surface area contributed by atoms with E-state index in [1.165, 1.54) is 5.56 Å². The van der Waals surface area contributed by atoms with Crippen LogP contribution >= 0.6 is 11.8 Å². The average molecular weight is 396 g/mol. The van der Waals surface area contributed by atoms with Crippen molar-refractivity contribution in [1.82, 2.24) is 4.98 Å². The van der Waals surface area contributed by atoms with E-state index >= 15 is 0 Å². The molecule has 0 saturated heterocycles. The quantitative estimate of drug-likeness (QED) is 0.315. The Kier molecular flexibility index (Phi) is 7.88. The van der Waals surface area contributed by atoms with E-state index in [1.807, 2.05) is 44.3 Å². The molecule has 148 valence electrons. The van der Waals surface area contributed by atoms with Crippen molar-refractivity contribution in [2.75, 3.05) is 7.11 Å². The Bertz CT molecular complexity index is 920. The summed E-state index contributed by atoms with van der Waals surface area (Å²) >= 11 is 1.69. The molecule has 1 aromatic carbocycles. The predicted molar refractivity (Wildman–Crippen MR) is 124 cm³/mol. The smallest absolute Gasteiger partial charge is 0.137 e. The Balaban J connectivity index is 2.48. The number of allylic oxidation sites excluding steroid dienone is 2. The molecule has 0 amide bonds. The first-order valence-electron chi connectivity index (χ1n) is 9.33. The third-order valence-corrected chi connectivity index (χ3v) is 5.71. The number of nitrogens with zero attached hydrogens (tertiary/aromatic N) is 2. The van der Waals surface area contributed by atoms with Crippen molar-refractivity contribution in [2.24, 2.45) is 15.9 Å². The van der Waals surface area contributed by atoms with Crippen LogP contribution in [0.5, 0.6) is 5.75 Å². The number of methoxy groups -OCH3 is 1. The Hall–Kier alpha value is -2.53. The van der Waals surface area contributed by atoms with Crippen molar-refractivity contribution in [3.05, 3.63) is 53.2 Å². The average Bonchev–Trinajstić information content (AvgIpc) is 3.09. The highest BCUT2D eigenvalue weighted by Crippen LogP contribution is 2.34. The summed E-state index contributed by atoms with van der Waals surface area (Å²) in [5, 5.41) is 1.05. The molecule has 0 aliphatic heterocycles. The standard InChI is InChI=1S/C23H29N3OS/c1-8-10-18-19(14-25-22(18)24-6)20(9-2)26-23(15(3)4)28-21-13-17(27-7)12-11-16(21)5/h8-15,25H,6H2,1-5,7H3/b10-8-,20-9-,26-23?. The van der Waals surface area contributed by atoms with Crippen LogP contribution in [-0.2, 0) is 0 Å². The fraction of sp³-hybridized carbons (Fsp3) is 0.304. The Morgan fingerprint density at radius 1 is 1.29 bits per heavy atom. The molecule has 0 aliphatic rings. The van der Waals surface area contributed by atoms with Gasteiger partial charge in [0.2, 0.25) is 0 Å². The Morgan fingerprint density at radius 2 is 2.04 bits per heavy atom. The monoisotopic (exact) mass is 395 g/mol. The number of aliphatic imine (C=N–C) groups is 2. The van der Waals surface area contributed by atoms with Gasteiger partial charge in [-0.2, -0.15) is 0 Å². The van der Waals surface area contributed by atoms with Crippen molar-refractivity contribution in [1.29, 1.82) is 0 Å². The first-order chi connectivity index (χ1) is 13.4. The van der Waals surface area contributed by atoms with Crippen LogP contribution in [0.15, 0.2) is 51.4 Å². The zero-order chi connectivity index (χ0) is 20.7. The minimum Gasteiger partial charge on any atom is -0.497 e. The largest absolute Gasteiger partial charge is 0.497 e. The molecule has 1 aromatic heterocycles. The molecule has 4 nitrogen and oxygen atoms in total. The third-order valence-electron chi connectivity index (χ3n) is 4.27. The minimum atomic E-state index is 0.284. The molecule has 0 fully saturated rings. The summed E-state index contributed by atoms with van der Waals surface area (Å²) in [5.41, 5.74) is 4.13. The van der Waals surface area contributed by atoms with E-state index in [0.717, 1.165) is 38.3 Å². The second-order valence-corrected chi connectivity index (χ2v) is 7.70. The van der Waals surface area contributed by atoms with Gasteiger partial charge in [-0.1, -0.05) is 49.9 Å². The van der Waals surface area contributed by atoms with E-state index in [1.54, 1.807) is 18.9 Å². The van der Waals surface area contributed by atoms with Crippen molar-refractivity contribution < 1.29 is 4.74 Å². The van der Waals surface area contributed by atoms with E-state index in [-0.39, 0.29) is 5.92 Å². The summed E-state index contributed by atoms with van der Waals surface area (Å²) < 4.78 is 5.39. The minimum absolute atomic E-state index is 0.284. The zero-order valence-corrected chi connectivity index (χ0v) is 18.4. The van der Waals surface area contributed by atoms with Gasteiger partial charge < -0.3 is 9.72 Å². The lowest BCUT2D eigenvalue weighted by molar-refractivity contribution is 0.413. The summed E-state index contributed by atoms with van der Waals surface area (Å²) in [6.45, 7) is 14.1. The number of aromatic amines is 1. The Labute approximate surface area is 172 Å². The topological polar surface area (TPSA) is 49.7 Å². The molecule has 2 aromatic rings. The van der Waals surface area contributed by atoms with Gasteiger partial charge in [0.25, 0.3) is 0 Å². The SMILES string of the molecule is C=Nc1[nH]cc(/C(=C/C)N=C(Sc2cc(OC)ccc2C)C(C)C)c1/C=C\C. The third kappa shape index (κ3) is 5.04. The molecule has 2 rings (SSSR count). The lowest BCUT2D eigenvalue weighted by Gasteiger charge is -2.14. The highest BCUT2D eigenvalue weighted by Gasteiger charge is 2.15. The molecule has 1 N–H and O–H groups in total. The second-order valence-electron chi connectivity index (χ2n) is 6.63. The van der Waals surface area contributed by atoms with Crippen LogP contribution in [0.2, 0.25) is 0 Å². The second kappa shape index (κ2) is 10.1. The van der Waals surface area contributed by atoms with Crippen LogP contribution < -0.4 is 4.74 Å². The normalized spacial score (nSPS) is 12.8. The summed E-state index contributed by atoms with van der Waals surface area (Å²) in [6, 6.07) is 6.12. The number of ether oxygens (including phenoxy) is 1. The summed E-state index contributed by atoms with van der Waals surface area (Å²) in [6.07, 6.45) is 8.00. The number of hydrogen-bond acceptors (Lipinski definition) is 4.